The summed E-state index contributed by atoms with van der Waals surface area (Å²) >= 11 is 6.02. The summed E-state index contributed by atoms with van der Waals surface area (Å²) in [7, 11) is 0. The number of rotatable bonds is 4. The smallest absolute Gasteiger partial charge is 0.255 e. The van der Waals surface area contributed by atoms with E-state index in [1.807, 2.05) is 0 Å². The van der Waals surface area contributed by atoms with Crippen LogP contribution in [0.4, 0.5) is 27.5 Å². The molecule has 1 amide bonds. The summed E-state index contributed by atoms with van der Waals surface area (Å²) in [6.45, 7) is 0. The van der Waals surface area contributed by atoms with Crippen molar-refractivity contribution >= 4 is 40.6 Å². The summed E-state index contributed by atoms with van der Waals surface area (Å²) in [4.78, 5) is 19.6. The van der Waals surface area contributed by atoms with Gasteiger partial charge >= 0.3 is 0 Å². The van der Waals surface area contributed by atoms with E-state index in [1.165, 1.54) is 0 Å². The molecule has 0 aliphatic carbocycles. The number of aromatic nitrogens is 2. The van der Waals surface area contributed by atoms with Crippen LogP contribution in [-0.4, -0.2) is 15.9 Å². The maximum absolute atomic E-state index is 13.6. The molecule has 0 spiro atoms. The second-order valence-corrected chi connectivity index (χ2v) is 5.47. The van der Waals surface area contributed by atoms with Crippen LogP contribution in [0.1, 0.15) is 10.4 Å². The molecule has 126 valence electrons. The van der Waals surface area contributed by atoms with Gasteiger partial charge in [-0.1, -0.05) is 23.7 Å². The van der Waals surface area contributed by atoms with Crippen molar-refractivity contribution in [2.45, 2.75) is 0 Å². The summed E-state index contributed by atoms with van der Waals surface area (Å²) in [6, 6.07) is 13.4. The second kappa shape index (κ2) is 7.14. The predicted octanol–water partition coefficient (Wildman–Crippen LogP) is 3.85. The molecule has 0 radical (unpaired) electrons. The van der Waals surface area contributed by atoms with Crippen LogP contribution in [0.15, 0.2) is 54.7 Å². The molecule has 0 unspecified atom stereocenters. The number of nitrogens with two attached hydrogens (primary N) is 1. The van der Waals surface area contributed by atoms with Gasteiger partial charge in [-0.15, -0.1) is 0 Å². The number of hydrogen-bond acceptors (Lipinski definition) is 5. The normalized spacial score (nSPS) is 10.3. The molecular weight excluding hydrogens is 345 g/mol. The molecule has 0 fully saturated rings. The molecule has 25 heavy (non-hydrogen) atoms. The highest BCUT2D eigenvalue weighted by molar-refractivity contribution is 6.33. The van der Waals surface area contributed by atoms with Gasteiger partial charge in [0.05, 0.1) is 16.9 Å². The number of nitrogen functional groups attached to an aromatic ring is 1. The minimum atomic E-state index is -0.630. The fourth-order valence-electron chi connectivity index (χ4n) is 2.07. The van der Waals surface area contributed by atoms with Gasteiger partial charge < -0.3 is 16.4 Å². The van der Waals surface area contributed by atoms with Crippen LogP contribution >= 0.6 is 11.6 Å². The van der Waals surface area contributed by atoms with Crippen molar-refractivity contribution in [3.8, 4) is 0 Å². The zero-order chi connectivity index (χ0) is 17.8. The second-order valence-electron chi connectivity index (χ2n) is 5.06. The van der Waals surface area contributed by atoms with Crippen molar-refractivity contribution in [3.63, 3.8) is 0 Å². The Kier molecular flexibility index (Phi) is 4.76. The molecule has 6 nitrogen and oxygen atoms in total. The van der Waals surface area contributed by atoms with Gasteiger partial charge in [0.15, 0.2) is 11.6 Å². The molecule has 0 bridgehead atoms. The molecule has 0 saturated carbocycles. The van der Waals surface area contributed by atoms with Crippen molar-refractivity contribution in [1.82, 2.24) is 9.97 Å². The van der Waals surface area contributed by atoms with E-state index in [-0.39, 0.29) is 17.7 Å². The number of hydrogen-bond donors (Lipinski definition) is 3. The van der Waals surface area contributed by atoms with Crippen molar-refractivity contribution < 1.29 is 9.18 Å². The molecule has 0 saturated heterocycles. The zero-order valence-electron chi connectivity index (χ0n) is 12.8. The highest BCUT2D eigenvalue weighted by atomic mass is 35.5. The van der Waals surface area contributed by atoms with Gasteiger partial charge in [0, 0.05) is 11.3 Å². The number of nitrogens with zero attached hydrogens (tertiary/aromatic N) is 2. The van der Waals surface area contributed by atoms with Crippen LogP contribution < -0.4 is 16.4 Å². The number of carbonyl (C=O) groups is 1. The van der Waals surface area contributed by atoms with Crippen molar-refractivity contribution in [2.75, 3.05) is 16.4 Å². The lowest BCUT2D eigenvalue weighted by Gasteiger charge is -2.09. The first kappa shape index (κ1) is 16.7. The maximum Gasteiger partial charge on any atom is 0.255 e. The molecule has 0 aliphatic rings. The number of amides is 1. The molecular formula is C17H13ClFN5O. The maximum atomic E-state index is 13.6. The van der Waals surface area contributed by atoms with Crippen molar-refractivity contribution in [2.24, 2.45) is 0 Å². The van der Waals surface area contributed by atoms with Crippen LogP contribution in [-0.2, 0) is 0 Å². The Hall–Kier alpha value is -3.19. The Morgan fingerprint density at radius 2 is 1.84 bits per heavy atom. The van der Waals surface area contributed by atoms with Gasteiger partial charge in [-0.3, -0.25) is 4.79 Å². The number of carbonyl (C=O) groups excluding carboxylic acids is 1. The Morgan fingerprint density at radius 1 is 1.12 bits per heavy atom. The summed E-state index contributed by atoms with van der Waals surface area (Å²) in [5, 5.41) is 5.95. The first-order chi connectivity index (χ1) is 12.0. The molecule has 1 aromatic heterocycles. The molecule has 3 rings (SSSR count). The lowest BCUT2D eigenvalue weighted by molar-refractivity contribution is 0.102. The quantitative estimate of drug-likeness (QED) is 0.659. The number of anilines is 4. The minimum absolute atomic E-state index is 0.0410. The molecule has 0 atom stereocenters. The number of para-hydroxylation sites is 1. The topological polar surface area (TPSA) is 92.9 Å². The number of nitrogens with one attached hydrogen (secondary N) is 2. The van der Waals surface area contributed by atoms with Crippen LogP contribution in [0.2, 0.25) is 5.02 Å². The minimum Gasteiger partial charge on any atom is -0.368 e. The first-order valence-corrected chi connectivity index (χ1v) is 7.62. The van der Waals surface area contributed by atoms with Crippen molar-refractivity contribution in [1.29, 1.82) is 0 Å². The third-order valence-corrected chi connectivity index (χ3v) is 3.62. The van der Waals surface area contributed by atoms with E-state index in [9.17, 15) is 9.18 Å². The fourth-order valence-corrected chi connectivity index (χ4v) is 2.25. The summed E-state index contributed by atoms with van der Waals surface area (Å²) in [5.41, 5.74) is 6.93. The van der Waals surface area contributed by atoms with Crippen LogP contribution in [0.5, 0.6) is 0 Å². The summed E-state index contributed by atoms with van der Waals surface area (Å²) in [5.74, 6) is -1.02. The van der Waals surface area contributed by atoms with Gasteiger partial charge in [-0.05, 0) is 36.4 Å². The standard InChI is InChI=1S/C17H13ClFN5O/c18-12-3-1-2-4-14(12)23-16(25)10-5-7-11(8-6-10)22-15-13(19)9-21-17(20)24-15/h1-9H,(H,23,25)(H3,20,21,22,24). The average molecular weight is 358 g/mol. The first-order valence-electron chi connectivity index (χ1n) is 7.24. The molecule has 3 aromatic rings. The van der Waals surface area contributed by atoms with E-state index in [2.05, 4.69) is 20.6 Å². The van der Waals surface area contributed by atoms with E-state index in [4.69, 9.17) is 17.3 Å². The molecule has 0 aliphatic heterocycles. The monoisotopic (exact) mass is 357 g/mol. The van der Waals surface area contributed by atoms with Crippen molar-refractivity contribution in [3.05, 3.63) is 71.1 Å². The lowest BCUT2D eigenvalue weighted by Crippen LogP contribution is -2.12. The fraction of sp³-hybridized carbons (Fsp3) is 0. The van der Waals surface area contributed by atoms with Gasteiger partial charge in [-0.25, -0.2) is 9.37 Å². The van der Waals surface area contributed by atoms with Crippen LogP contribution in [0.25, 0.3) is 0 Å². The van der Waals surface area contributed by atoms with E-state index in [0.29, 0.717) is 22.0 Å². The Labute approximate surface area is 147 Å². The van der Waals surface area contributed by atoms with Gasteiger partial charge in [0.25, 0.3) is 5.91 Å². The Balaban J connectivity index is 1.72. The summed E-state index contributed by atoms with van der Waals surface area (Å²) < 4.78 is 13.6. The Morgan fingerprint density at radius 3 is 2.56 bits per heavy atom. The highest BCUT2D eigenvalue weighted by Gasteiger charge is 2.09. The average Bonchev–Trinajstić information content (AvgIpc) is 2.61. The number of halogens is 2. The molecule has 4 N–H and O–H groups in total. The largest absolute Gasteiger partial charge is 0.368 e. The van der Waals surface area contributed by atoms with Crippen LogP contribution in [0.3, 0.4) is 0 Å². The predicted molar refractivity (Wildman–Crippen MR) is 95.5 cm³/mol. The van der Waals surface area contributed by atoms with Gasteiger partial charge in [-0.2, -0.15) is 4.98 Å². The third-order valence-electron chi connectivity index (χ3n) is 3.29. The SMILES string of the molecule is Nc1ncc(F)c(Nc2ccc(C(=O)Nc3ccccc3Cl)cc2)n1. The van der Waals surface area contributed by atoms with Gasteiger partial charge in [0.1, 0.15) is 0 Å². The molecule has 8 heteroatoms. The van der Waals surface area contributed by atoms with Crippen LogP contribution in [0, 0.1) is 5.82 Å². The number of benzene rings is 2. The van der Waals surface area contributed by atoms with E-state index < -0.39 is 5.82 Å². The Bertz CT molecular complexity index is 917. The van der Waals surface area contributed by atoms with E-state index >= 15 is 0 Å². The van der Waals surface area contributed by atoms with E-state index in [1.54, 1.807) is 48.5 Å². The third kappa shape index (κ3) is 4.02. The molecule has 2 aromatic carbocycles. The highest BCUT2D eigenvalue weighted by Crippen LogP contribution is 2.22. The summed E-state index contributed by atoms with van der Waals surface area (Å²) in [6.07, 6.45) is 0.982. The molecule has 1 heterocycles. The lowest BCUT2D eigenvalue weighted by atomic mass is 10.2. The zero-order valence-corrected chi connectivity index (χ0v) is 13.6. The van der Waals surface area contributed by atoms with Gasteiger partial charge in [0.2, 0.25) is 5.95 Å². The van der Waals surface area contributed by atoms with E-state index in [0.717, 1.165) is 6.20 Å².